The summed E-state index contributed by atoms with van der Waals surface area (Å²) in [6.07, 6.45) is 1.98. The van der Waals surface area contributed by atoms with Crippen molar-refractivity contribution in [2.24, 2.45) is 0 Å². The molecule has 0 aliphatic heterocycles. The van der Waals surface area contributed by atoms with Crippen molar-refractivity contribution in [2.45, 2.75) is 24.8 Å². The number of thioether (sulfide) groups is 1. The van der Waals surface area contributed by atoms with Crippen LogP contribution < -0.4 is 0 Å². The van der Waals surface area contributed by atoms with Crippen molar-refractivity contribution in [3.05, 3.63) is 14.7 Å². The lowest BCUT2D eigenvalue weighted by molar-refractivity contribution is 0.415. The maximum Gasteiger partial charge on any atom is 0.244 e. The summed E-state index contributed by atoms with van der Waals surface area (Å²) in [4.78, 5) is 1.23. The van der Waals surface area contributed by atoms with Crippen molar-refractivity contribution >= 4 is 49.1 Å². The summed E-state index contributed by atoms with van der Waals surface area (Å²) in [5, 5.41) is 0. The molecule has 17 heavy (non-hydrogen) atoms. The third-order valence-corrected chi connectivity index (χ3v) is 7.12. The van der Waals surface area contributed by atoms with E-state index < -0.39 is 10.0 Å². The van der Waals surface area contributed by atoms with Gasteiger partial charge in [0.15, 0.2) is 0 Å². The molecule has 0 fully saturated rings. The molecule has 1 aromatic rings. The van der Waals surface area contributed by atoms with Gasteiger partial charge in [-0.2, -0.15) is 16.1 Å². The predicted molar refractivity (Wildman–Crippen MR) is 79.5 cm³/mol. The summed E-state index contributed by atoms with van der Waals surface area (Å²) in [6.45, 7) is 3.75. The number of halogens is 1. The van der Waals surface area contributed by atoms with E-state index in [0.29, 0.717) is 4.90 Å². The first kappa shape index (κ1) is 15.5. The monoisotopic (exact) mass is 357 g/mol. The Morgan fingerprint density at radius 1 is 1.59 bits per heavy atom. The molecular formula is C10H16BrNO2S3. The predicted octanol–water partition coefficient (Wildman–Crippen LogP) is 3.19. The Hall–Kier alpha value is 0.440. The zero-order valence-corrected chi connectivity index (χ0v) is 14.3. The molecule has 0 aromatic carbocycles. The van der Waals surface area contributed by atoms with E-state index in [2.05, 4.69) is 15.9 Å². The molecule has 0 amide bonds. The van der Waals surface area contributed by atoms with Gasteiger partial charge in [-0.25, -0.2) is 8.42 Å². The van der Waals surface area contributed by atoms with Crippen molar-refractivity contribution in [1.82, 2.24) is 4.31 Å². The SMILES string of the molecule is CSCC(C)N(C)S(=O)(=O)c1cc(Br)sc1C. The van der Waals surface area contributed by atoms with E-state index in [1.165, 1.54) is 15.6 Å². The van der Waals surface area contributed by atoms with Gasteiger partial charge in [-0.3, -0.25) is 0 Å². The van der Waals surface area contributed by atoms with Gasteiger partial charge in [-0.15, -0.1) is 11.3 Å². The van der Waals surface area contributed by atoms with Crippen LogP contribution in [-0.2, 0) is 10.0 Å². The van der Waals surface area contributed by atoms with E-state index in [0.717, 1.165) is 14.4 Å². The van der Waals surface area contributed by atoms with E-state index in [4.69, 9.17) is 0 Å². The number of aryl methyl sites for hydroxylation is 1. The first-order chi connectivity index (χ1) is 7.80. The largest absolute Gasteiger partial charge is 0.244 e. The molecule has 3 nitrogen and oxygen atoms in total. The van der Waals surface area contributed by atoms with Crippen molar-refractivity contribution < 1.29 is 8.42 Å². The Bertz CT molecular complexity index is 484. The van der Waals surface area contributed by atoms with Gasteiger partial charge in [-0.05, 0) is 42.1 Å². The lowest BCUT2D eigenvalue weighted by atomic mass is 10.4. The average molecular weight is 358 g/mol. The maximum atomic E-state index is 12.4. The molecule has 1 unspecified atom stereocenters. The van der Waals surface area contributed by atoms with Gasteiger partial charge in [0.05, 0.1) is 8.68 Å². The molecule has 0 aliphatic carbocycles. The van der Waals surface area contributed by atoms with Crippen LogP contribution in [0.15, 0.2) is 14.7 Å². The first-order valence-electron chi connectivity index (χ1n) is 5.03. The Labute approximate surface area is 120 Å². The van der Waals surface area contributed by atoms with Crippen LogP contribution in [0.25, 0.3) is 0 Å². The number of hydrogen-bond donors (Lipinski definition) is 0. The molecule has 0 saturated heterocycles. The van der Waals surface area contributed by atoms with Gasteiger partial charge in [-0.1, -0.05) is 0 Å². The van der Waals surface area contributed by atoms with Crippen molar-refractivity contribution in [3.8, 4) is 0 Å². The molecule has 1 atom stereocenters. The Kier molecular flexibility index (Phi) is 5.52. The van der Waals surface area contributed by atoms with Gasteiger partial charge in [0.1, 0.15) is 0 Å². The normalized spacial score (nSPS) is 14.2. The highest BCUT2D eigenvalue weighted by Gasteiger charge is 2.27. The van der Waals surface area contributed by atoms with Crippen LogP contribution in [-0.4, -0.2) is 37.8 Å². The summed E-state index contributed by atoms with van der Waals surface area (Å²) in [5.41, 5.74) is 0. The fraction of sp³-hybridized carbons (Fsp3) is 0.600. The number of nitrogens with zero attached hydrogens (tertiary/aromatic N) is 1. The minimum absolute atomic E-state index is 0.00641. The van der Waals surface area contributed by atoms with E-state index >= 15 is 0 Å². The zero-order chi connectivity index (χ0) is 13.2. The number of hydrogen-bond acceptors (Lipinski definition) is 4. The van der Waals surface area contributed by atoms with Gasteiger partial charge in [0.25, 0.3) is 0 Å². The highest BCUT2D eigenvalue weighted by atomic mass is 79.9. The highest BCUT2D eigenvalue weighted by molar-refractivity contribution is 9.11. The quantitative estimate of drug-likeness (QED) is 0.811. The van der Waals surface area contributed by atoms with Gasteiger partial charge < -0.3 is 0 Å². The number of thiophene rings is 1. The van der Waals surface area contributed by atoms with E-state index in [-0.39, 0.29) is 6.04 Å². The zero-order valence-electron chi connectivity index (χ0n) is 10.2. The van der Waals surface area contributed by atoms with E-state index in [1.54, 1.807) is 24.9 Å². The molecule has 0 N–H and O–H groups in total. The summed E-state index contributed by atoms with van der Waals surface area (Å²) < 4.78 is 27.1. The molecule has 0 aliphatic rings. The second-order valence-corrected chi connectivity index (χ2v) is 9.31. The summed E-state index contributed by atoms with van der Waals surface area (Å²) >= 11 is 6.41. The van der Waals surface area contributed by atoms with E-state index in [1.807, 2.05) is 20.1 Å². The molecule has 1 heterocycles. The summed E-state index contributed by atoms with van der Waals surface area (Å²) in [7, 11) is -1.73. The third-order valence-electron chi connectivity index (χ3n) is 2.53. The fourth-order valence-electron chi connectivity index (χ4n) is 1.43. The van der Waals surface area contributed by atoms with E-state index in [9.17, 15) is 8.42 Å². The van der Waals surface area contributed by atoms with Crippen LogP contribution in [0.2, 0.25) is 0 Å². The topological polar surface area (TPSA) is 37.4 Å². The minimum atomic E-state index is -3.37. The Balaban J connectivity index is 3.07. The molecule has 7 heteroatoms. The van der Waals surface area contributed by atoms with Crippen LogP contribution in [0, 0.1) is 6.92 Å². The van der Waals surface area contributed by atoms with Crippen LogP contribution in [0.3, 0.4) is 0 Å². The molecular weight excluding hydrogens is 342 g/mol. The maximum absolute atomic E-state index is 12.4. The summed E-state index contributed by atoms with van der Waals surface area (Å²) in [6, 6.07) is 1.67. The molecule has 0 saturated carbocycles. The first-order valence-corrected chi connectivity index (χ1v) is 9.48. The molecule has 0 radical (unpaired) electrons. The Morgan fingerprint density at radius 3 is 2.59 bits per heavy atom. The van der Waals surface area contributed by atoms with Crippen molar-refractivity contribution in [3.63, 3.8) is 0 Å². The molecule has 0 bridgehead atoms. The second-order valence-electron chi connectivity index (χ2n) is 3.80. The van der Waals surface area contributed by atoms with Crippen LogP contribution in [0.5, 0.6) is 0 Å². The standard InChI is InChI=1S/C10H16BrNO2S3/c1-7(6-15-4)12(3)17(13,14)9-5-10(11)16-8(9)2/h5,7H,6H2,1-4H3. The van der Waals surface area contributed by atoms with Crippen molar-refractivity contribution in [2.75, 3.05) is 19.1 Å². The lowest BCUT2D eigenvalue weighted by Gasteiger charge is -2.23. The highest BCUT2D eigenvalue weighted by Crippen LogP contribution is 2.31. The fourth-order valence-corrected chi connectivity index (χ4v) is 5.97. The van der Waals surface area contributed by atoms with Crippen LogP contribution in [0.4, 0.5) is 0 Å². The summed E-state index contributed by atoms with van der Waals surface area (Å²) in [5.74, 6) is 0.792. The number of sulfonamides is 1. The second kappa shape index (κ2) is 6.06. The van der Waals surface area contributed by atoms with Crippen LogP contribution >= 0.6 is 39.0 Å². The van der Waals surface area contributed by atoms with Gasteiger partial charge in [0.2, 0.25) is 10.0 Å². The van der Waals surface area contributed by atoms with Gasteiger partial charge in [0, 0.05) is 23.7 Å². The lowest BCUT2D eigenvalue weighted by Crippen LogP contribution is -2.36. The minimum Gasteiger partial charge on any atom is -0.207 e. The molecule has 1 aromatic heterocycles. The Morgan fingerprint density at radius 2 is 2.18 bits per heavy atom. The van der Waals surface area contributed by atoms with Crippen molar-refractivity contribution in [1.29, 1.82) is 0 Å². The molecule has 1 rings (SSSR count). The third kappa shape index (κ3) is 3.47. The van der Waals surface area contributed by atoms with Gasteiger partial charge >= 0.3 is 0 Å². The number of rotatable bonds is 5. The van der Waals surface area contributed by atoms with Crippen LogP contribution in [0.1, 0.15) is 11.8 Å². The average Bonchev–Trinajstić information content (AvgIpc) is 2.57. The molecule has 98 valence electrons. The smallest absolute Gasteiger partial charge is 0.207 e. The molecule has 0 spiro atoms.